The standard InChI is InChI=1S/C13H8BrFIN3/c14-11-6-12-8(7-17-18-12)5-13(11)19(16)10-3-1-9(15)2-4-10/h1-7H,(H,17,18). The van der Waals surface area contributed by atoms with Gasteiger partial charge >= 0.3 is 0 Å². The summed E-state index contributed by atoms with van der Waals surface area (Å²) in [5, 5.41) is 7.96. The van der Waals surface area contributed by atoms with Crippen LogP contribution in [0, 0.1) is 5.82 Å². The first-order valence-electron chi connectivity index (χ1n) is 5.49. The summed E-state index contributed by atoms with van der Waals surface area (Å²) in [4.78, 5) is 0. The van der Waals surface area contributed by atoms with Gasteiger partial charge in [0.1, 0.15) is 5.82 Å². The molecule has 0 radical (unpaired) electrons. The molecule has 0 unspecified atom stereocenters. The molecule has 0 aliphatic rings. The van der Waals surface area contributed by atoms with Crippen molar-refractivity contribution >= 4 is 61.1 Å². The van der Waals surface area contributed by atoms with Crippen LogP contribution < -0.4 is 3.11 Å². The molecule has 6 heteroatoms. The SMILES string of the molecule is Fc1ccc(N(I)c2cc3cn[nH]c3cc2Br)cc1. The number of anilines is 2. The molecule has 0 saturated carbocycles. The first-order valence-corrected chi connectivity index (χ1v) is 7.25. The van der Waals surface area contributed by atoms with Crippen molar-refractivity contribution in [1.29, 1.82) is 0 Å². The van der Waals surface area contributed by atoms with Crippen LogP contribution in [-0.2, 0) is 0 Å². The van der Waals surface area contributed by atoms with Gasteiger partial charge in [0.15, 0.2) is 0 Å². The summed E-state index contributed by atoms with van der Waals surface area (Å²) in [5.74, 6) is -0.238. The van der Waals surface area contributed by atoms with E-state index in [0.29, 0.717) is 0 Å². The monoisotopic (exact) mass is 431 g/mol. The Bertz CT molecular complexity index is 726. The lowest BCUT2D eigenvalue weighted by atomic mass is 10.2. The fourth-order valence-corrected chi connectivity index (χ4v) is 3.39. The smallest absolute Gasteiger partial charge is 0.123 e. The normalized spacial score (nSPS) is 10.9. The zero-order valence-electron chi connectivity index (χ0n) is 9.57. The van der Waals surface area contributed by atoms with Gasteiger partial charge in [-0.2, -0.15) is 5.10 Å². The van der Waals surface area contributed by atoms with Gasteiger partial charge < -0.3 is 0 Å². The molecule has 0 saturated heterocycles. The Morgan fingerprint density at radius 3 is 2.68 bits per heavy atom. The Hall–Kier alpha value is -1.15. The molecule has 1 heterocycles. The molecule has 1 aromatic heterocycles. The van der Waals surface area contributed by atoms with E-state index in [1.54, 1.807) is 18.3 Å². The molecular weight excluding hydrogens is 424 g/mol. The van der Waals surface area contributed by atoms with Gasteiger partial charge in [-0.15, -0.1) is 0 Å². The Morgan fingerprint density at radius 1 is 1.21 bits per heavy atom. The third kappa shape index (κ3) is 2.46. The topological polar surface area (TPSA) is 31.9 Å². The van der Waals surface area contributed by atoms with E-state index < -0.39 is 0 Å². The van der Waals surface area contributed by atoms with Gasteiger partial charge in [0.25, 0.3) is 0 Å². The Labute approximate surface area is 131 Å². The number of nitrogens with zero attached hydrogens (tertiary/aromatic N) is 2. The van der Waals surface area contributed by atoms with E-state index >= 15 is 0 Å². The lowest BCUT2D eigenvalue weighted by molar-refractivity contribution is 0.628. The molecule has 0 bridgehead atoms. The van der Waals surface area contributed by atoms with E-state index in [-0.39, 0.29) is 5.82 Å². The first-order chi connectivity index (χ1) is 9.15. The summed E-state index contributed by atoms with van der Waals surface area (Å²) < 4.78 is 15.9. The summed E-state index contributed by atoms with van der Waals surface area (Å²) in [7, 11) is 0. The minimum Gasteiger partial charge on any atom is -0.282 e. The second-order valence-corrected chi connectivity index (χ2v) is 5.84. The van der Waals surface area contributed by atoms with Crippen LogP contribution in [0.5, 0.6) is 0 Å². The maximum absolute atomic E-state index is 13.0. The van der Waals surface area contributed by atoms with Crippen LogP contribution in [0.15, 0.2) is 47.1 Å². The second-order valence-electron chi connectivity index (χ2n) is 4.02. The van der Waals surface area contributed by atoms with Crippen LogP contribution in [-0.4, -0.2) is 10.2 Å². The van der Waals surface area contributed by atoms with E-state index in [1.807, 2.05) is 15.2 Å². The van der Waals surface area contributed by atoms with Crippen molar-refractivity contribution in [3.05, 3.63) is 52.9 Å². The van der Waals surface area contributed by atoms with Gasteiger partial charge in [0.2, 0.25) is 0 Å². The number of rotatable bonds is 2. The highest BCUT2D eigenvalue weighted by Gasteiger charge is 2.12. The van der Waals surface area contributed by atoms with Gasteiger partial charge in [0.05, 0.1) is 46.0 Å². The molecule has 3 aromatic rings. The molecule has 3 rings (SSSR count). The second kappa shape index (κ2) is 5.09. The predicted octanol–water partition coefficient (Wildman–Crippen LogP) is 4.95. The highest BCUT2D eigenvalue weighted by atomic mass is 127. The van der Waals surface area contributed by atoms with Gasteiger partial charge in [0, 0.05) is 9.86 Å². The van der Waals surface area contributed by atoms with Crippen LogP contribution in [0.2, 0.25) is 0 Å². The zero-order chi connectivity index (χ0) is 13.4. The molecule has 0 fully saturated rings. The molecule has 0 amide bonds. The third-order valence-corrected chi connectivity index (χ3v) is 4.48. The van der Waals surface area contributed by atoms with Crippen LogP contribution in [0.4, 0.5) is 15.8 Å². The van der Waals surface area contributed by atoms with Gasteiger partial charge in [-0.25, -0.2) is 4.39 Å². The number of aromatic nitrogens is 2. The Morgan fingerprint density at radius 2 is 1.95 bits per heavy atom. The molecule has 1 N–H and O–H groups in total. The number of fused-ring (bicyclic) bond motifs is 1. The van der Waals surface area contributed by atoms with Crippen molar-refractivity contribution < 1.29 is 4.39 Å². The number of aromatic amines is 1. The fourth-order valence-electron chi connectivity index (χ4n) is 1.81. The van der Waals surface area contributed by atoms with Crippen LogP contribution in [0.3, 0.4) is 0 Å². The fraction of sp³-hybridized carbons (Fsp3) is 0. The number of benzene rings is 2. The molecule has 0 spiro atoms. The largest absolute Gasteiger partial charge is 0.282 e. The highest BCUT2D eigenvalue weighted by Crippen LogP contribution is 2.37. The molecule has 0 aliphatic carbocycles. The maximum Gasteiger partial charge on any atom is 0.123 e. The summed E-state index contributed by atoms with van der Waals surface area (Å²) in [6.07, 6.45) is 1.78. The lowest BCUT2D eigenvalue weighted by Crippen LogP contribution is -2.01. The lowest BCUT2D eigenvalue weighted by Gasteiger charge is -2.18. The molecular formula is C13H8BrFIN3. The van der Waals surface area contributed by atoms with Crippen molar-refractivity contribution in [3.8, 4) is 0 Å². The van der Waals surface area contributed by atoms with E-state index in [2.05, 4.69) is 49.0 Å². The zero-order valence-corrected chi connectivity index (χ0v) is 13.3. The van der Waals surface area contributed by atoms with E-state index in [1.165, 1.54) is 12.1 Å². The summed E-state index contributed by atoms with van der Waals surface area (Å²) in [6, 6.07) is 10.4. The van der Waals surface area contributed by atoms with Crippen LogP contribution in [0.25, 0.3) is 10.9 Å². The van der Waals surface area contributed by atoms with Gasteiger partial charge in [-0.1, -0.05) is 0 Å². The van der Waals surface area contributed by atoms with Crippen molar-refractivity contribution in [3.63, 3.8) is 0 Å². The van der Waals surface area contributed by atoms with Crippen LogP contribution in [0.1, 0.15) is 0 Å². The number of hydrogen-bond donors (Lipinski definition) is 1. The Balaban J connectivity index is 2.07. The van der Waals surface area contributed by atoms with E-state index in [0.717, 1.165) is 26.8 Å². The maximum atomic E-state index is 13.0. The molecule has 2 aromatic carbocycles. The number of halogens is 3. The molecule has 0 atom stereocenters. The third-order valence-electron chi connectivity index (χ3n) is 2.77. The average Bonchev–Trinajstić information content (AvgIpc) is 2.85. The molecule has 0 aliphatic heterocycles. The highest BCUT2D eigenvalue weighted by molar-refractivity contribution is 14.1. The Kier molecular flexibility index (Phi) is 3.44. The molecule has 3 nitrogen and oxygen atoms in total. The first kappa shape index (κ1) is 12.9. The molecule has 96 valence electrons. The van der Waals surface area contributed by atoms with Crippen LogP contribution >= 0.6 is 38.8 Å². The van der Waals surface area contributed by atoms with Crippen molar-refractivity contribution in [2.75, 3.05) is 3.11 Å². The quantitative estimate of drug-likeness (QED) is 0.459. The van der Waals surface area contributed by atoms with Gasteiger partial charge in [-0.05, 0) is 52.3 Å². The van der Waals surface area contributed by atoms with E-state index in [4.69, 9.17) is 0 Å². The number of nitrogens with one attached hydrogen (secondary N) is 1. The summed E-state index contributed by atoms with van der Waals surface area (Å²) in [5.41, 5.74) is 2.87. The minimum absolute atomic E-state index is 0.238. The minimum atomic E-state index is -0.238. The van der Waals surface area contributed by atoms with E-state index in [9.17, 15) is 4.39 Å². The number of H-pyrrole nitrogens is 1. The van der Waals surface area contributed by atoms with Crippen molar-refractivity contribution in [2.45, 2.75) is 0 Å². The van der Waals surface area contributed by atoms with Crippen molar-refractivity contribution in [1.82, 2.24) is 10.2 Å². The van der Waals surface area contributed by atoms with Gasteiger partial charge in [-0.3, -0.25) is 8.21 Å². The average molecular weight is 432 g/mol. The number of hydrogen-bond acceptors (Lipinski definition) is 2. The summed E-state index contributed by atoms with van der Waals surface area (Å²) >= 11 is 5.74. The summed E-state index contributed by atoms with van der Waals surface area (Å²) in [6.45, 7) is 0. The molecule has 19 heavy (non-hydrogen) atoms. The predicted molar refractivity (Wildman–Crippen MR) is 86.4 cm³/mol. The van der Waals surface area contributed by atoms with Crippen molar-refractivity contribution in [2.24, 2.45) is 0 Å².